The van der Waals surface area contributed by atoms with Crippen molar-refractivity contribution in [1.29, 1.82) is 0 Å². The molecule has 3 N–H and O–H groups in total. The van der Waals surface area contributed by atoms with Crippen LogP contribution in [0, 0.1) is 0 Å². The van der Waals surface area contributed by atoms with E-state index in [9.17, 15) is 9.90 Å². The van der Waals surface area contributed by atoms with Gasteiger partial charge in [-0.3, -0.25) is 4.79 Å². The van der Waals surface area contributed by atoms with E-state index in [1.807, 2.05) is 24.3 Å². The van der Waals surface area contributed by atoms with Gasteiger partial charge >= 0.3 is 0 Å². The van der Waals surface area contributed by atoms with Crippen molar-refractivity contribution in [3.8, 4) is 22.8 Å². The maximum Gasteiger partial charge on any atom is 0.258 e. The number of rotatable bonds is 5. The number of hydrogen-bond donors (Lipinski definition) is 2. The Morgan fingerprint density at radius 2 is 2.09 bits per heavy atom. The van der Waals surface area contributed by atoms with Crippen LogP contribution in [-0.4, -0.2) is 49.8 Å². The van der Waals surface area contributed by atoms with Gasteiger partial charge in [0.15, 0.2) is 0 Å². The molecule has 2 aromatic carbocycles. The van der Waals surface area contributed by atoms with Crippen LogP contribution in [0.25, 0.3) is 33.7 Å². The van der Waals surface area contributed by atoms with Crippen molar-refractivity contribution in [3.63, 3.8) is 0 Å². The Morgan fingerprint density at radius 3 is 2.88 bits per heavy atom. The normalized spacial score (nSPS) is 14.6. The van der Waals surface area contributed by atoms with Crippen LogP contribution < -0.4 is 5.73 Å². The highest BCUT2D eigenvalue weighted by Gasteiger charge is 2.27. The minimum atomic E-state index is -0.885. The standard InChI is InChI=1S/C25H27N5O3/c1-15(2)30-11-8-16-12-17(6-7-22(16)30)24-27-23(28-33-24)20-5-3-4-18-13-29(10-9-19(18)20)25(32)21(26)14-31/h3-8,11-12,15,21,31H,9-10,13-14,26H2,1-2H3/t21-/m0/s1. The summed E-state index contributed by atoms with van der Waals surface area (Å²) >= 11 is 0. The minimum absolute atomic E-state index is 0.239. The van der Waals surface area contributed by atoms with Crippen LogP contribution in [0.3, 0.4) is 0 Å². The molecular formula is C25H27N5O3. The molecule has 0 saturated carbocycles. The SMILES string of the molecule is CC(C)n1ccc2cc(-c3nc(-c4cccc5c4CCN(C(=O)[C@@H](N)CO)C5)no3)ccc21. The maximum atomic E-state index is 12.4. The van der Waals surface area contributed by atoms with Gasteiger partial charge in [-0.05, 0) is 55.7 Å². The summed E-state index contributed by atoms with van der Waals surface area (Å²) in [5, 5.41) is 14.6. The summed E-state index contributed by atoms with van der Waals surface area (Å²) < 4.78 is 7.86. The van der Waals surface area contributed by atoms with Crippen molar-refractivity contribution in [1.82, 2.24) is 19.6 Å². The number of benzene rings is 2. The highest BCUT2D eigenvalue weighted by molar-refractivity contribution is 5.85. The maximum absolute atomic E-state index is 12.4. The van der Waals surface area contributed by atoms with E-state index in [4.69, 9.17) is 10.3 Å². The van der Waals surface area contributed by atoms with Gasteiger partial charge in [0.2, 0.25) is 11.7 Å². The highest BCUT2D eigenvalue weighted by Crippen LogP contribution is 2.31. The van der Waals surface area contributed by atoms with Crippen LogP contribution in [0.15, 0.2) is 53.2 Å². The van der Waals surface area contributed by atoms with Gasteiger partial charge in [-0.15, -0.1) is 0 Å². The quantitative estimate of drug-likeness (QED) is 0.488. The fourth-order valence-corrected chi connectivity index (χ4v) is 4.52. The molecule has 1 aliphatic rings. The lowest BCUT2D eigenvalue weighted by Gasteiger charge is -2.31. The average molecular weight is 446 g/mol. The lowest BCUT2D eigenvalue weighted by atomic mass is 9.94. The number of aromatic nitrogens is 3. The number of nitrogens with zero attached hydrogens (tertiary/aromatic N) is 4. The molecule has 8 heteroatoms. The van der Waals surface area contributed by atoms with Crippen LogP contribution in [-0.2, 0) is 17.8 Å². The first-order chi connectivity index (χ1) is 16.0. The molecule has 33 heavy (non-hydrogen) atoms. The largest absolute Gasteiger partial charge is 0.394 e. The van der Waals surface area contributed by atoms with Crippen LogP contribution >= 0.6 is 0 Å². The molecule has 1 aliphatic heterocycles. The number of amides is 1. The summed E-state index contributed by atoms with van der Waals surface area (Å²) in [5.74, 6) is 0.772. The lowest BCUT2D eigenvalue weighted by Crippen LogP contribution is -2.47. The molecule has 0 saturated heterocycles. The predicted molar refractivity (Wildman–Crippen MR) is 125 cm³/mol. The first-order valence-electron chi connectivity index (χ1n) is 11.2. The molecular weight excluding hydrogens is 418 g/mol. The second-order valence-corrected chi connectivity index (χ2v) is 8.76. The van der Waals surface area contributed by atoms with E-state index in [2.05, 4.69) is 53.0 Å². The summed E-state index contributed by atoms with van der Waals surface area (Å²) in [7, 11) is 0. The number of carbonyl (C=O) groups excluding carboxylic acids is 1. The Bertz CT molecular complexity index is 1320. The summed E-state index contributed by atoms with van der Waals surface area (Å²) in [5.41, 5.74) is 10.8. The molecule has 3 heterocycles. The molecule has 1 atom stereocenters. The Balaban J connectivity index is 1.43. The second-order valence-electron chi connectivity index (χ2n) is 8.76. The Labute approximate surface area is 191 Å². The van der Waals surface area contributed by atoms with Gasteiger partial charge in [0, 0.05) is 47.4 Å². The van der Waals surface area contributed by atoms with E-state index < -0.39 is 6.04 Å². The number of aliphatic hydroxyl groups is 1. The van der Waals surface area contributed by atoms with E-state index in [1.54, 1.807) is 4.90 Å². The van der Waals surface area contributed by atoms with Gasteiger partial charge in [-0.1, -0.05) is 23.4 Å². The number of carbonyl (C=O) groups is 1. The Morgan fingerprint density at radius 1 is 1.24 bits per heavy atom. The summed E-state index contributed by atoms with van der Waals surface area (Å²) in [4.78, 5) is 18.8. The molecule has 0 spiro atoms. The van der Waals surface area contributed by atoms with Crippen molar-refractivity contribution in [2.45, 2.75) is 38.9 Å². The van der Waals surface area contributed by atoms with Crippen LogP contribution in [0.2, 0.25) is 0 Å². The molecule has 0 fully saturated rings. The molecule has 2 aromatic heterocycles. The second kappa shape index (κ2) is 8.46. The predicted octanol–water partition coefficient (Wildman–Crippen LogP) is 3.14. The van der Waals surface area contributed by atoms with Gasteiger partial charge in [0.1, 0.15) is 6.04 Å². The van der Waals surface area contributed by atoms with Crippen molar-refractivity contribution in [3.05, 3.63) is 59.8 Å². The first kappa shape index (κ1) is 21.4. The number of aliphatic hydroxyl groups excluding tert-OH is 1. The molecule has 170 valence electrons. The fraction of sp³-hybridized carbons (Fsp3) is 0.320. The molecule has 4 aromatic rings. The molecule has 1 amide bonds. The van der Waals surface area contributed by atoms with Gasteiger partial charge < -0.3 is 24.8 Å². The summed E-state index contributed by atoms with van der Waals surface area (Å²) in [6.07, 6.45) is 2.75. The van der Waals surface area contributed by atoms with Crippen LogP contribution in [0.4, 0.5) is 0 Å². The number of nitrogens with two attached hydrogens (primary N) is 1. The summed E-state index contributed by atoms with van der Waals surface area (Å²) in [6.45, 7) is 4.94. The molecule has 0 radical (unpaired) electrons. The smallest absolute Gasteiger partial charge is 0.258 e. The first-order valence-corrected chi connectivity index (χ1v) is 11.2. The van der Waals surface area contributed by atoms with Crippen molar-refractivity contribution >= 4 is 16.8 Å². The third kappa shape index (κ3) is 3.81. The van der Waals surface area contributed by atoms with E-state index in [0.29, 0.717) is 37.3 Å². The molecule has 5 rings (SSSR count). The molecule has 8 nitrogen and oxygen atoms in total. The van der Waals surface area contributed by atoms with Gasteiger partial charge in [0.05, 0.1) is 6.61 Å². The highest BCUT2D eigenvalue weighted by atomic mass is 16.5. The van der Waals surface area contributed by atoms with Crippen molar-refractivity contribution in [2.75, 3.05) is 13.2 Å². The average Bonchev–Trinajstić information content (AvgIpc) is 3.49. The third-order valence-corrected chi connectivity index (χ3v) is 6.28. The zero-order valence-electron chi connectivity index (χ0n) is 18.7. The fourth-order valence-electron chi connectivity index (χ4n) is 4.52. The van der Waals surface area contributed by atoms with E-state index in [-0.39, 0.29) is 12.5 Å². The van der Waals surface area contributed by atoms with E-state index >= 15 is 0 Å². The monoisotopic (exact) mass is 445 g/mol. The van der Waals surface area contributed by atoms with E-state index in [0.717, 1.165) is 27.6 Å². The van der Waals surface area contributed by atoms with Crippen molar-refractivity contribution < 1.29 is 14.4 Å². The van der Waals surface area contributed by atoms with Crippen LogP contribution in [0.1, 0.15) is 31.0 Å². The zero-order chi connectivity index (χ0) is 23.1. The van der Waals surface area contributed by atoms with Crippen LogP contribution in [0.5, 0.6) is 0 Å². The van der Waals surface area contributed by atoms with Gasteiger partial charge in [-0.2, -0.15) is 4.98 Å². The number of fused-ring (bicyclic) bond motifs is 2. The lowest BCUT2D eigenvalue weighted by molar-refractivity contribution is -0.134. The van der Waals surface area contributed by atoms with E-state index in [1.165, 1.54) is 5.52 Å². The number of hydrogen-bond acceptors (Lipinski definition) is 6. The molecule has 0 bridgehead atoms. The summed E-state index contributed by atoms with van der Waals surface area (Å²) in [6, 6.07) is 13.7. The zero-order valence-corrected chi connectivity index (χ0v) is 18.7. The third-order valence-electron chi connectivity index (χ3n) is 6.28. The van der Waals surface area contributed by atoms with Gasteiger partial charge in [0.25, 0.3) is 5.89 Å². The van der Waals surface area contributed by atoms with Gasteiger partial charge in [-0.25, -0.2) is 0 Å². The molecule has 0 unspecified atom stereocenters. The Hall–Kier alpha value is -3.49. The molecule has 0 aliphatic carbocycles. The van der Waals surface area contributed by atoms with Crippen molar-refractivity contribution in [2.24, 2.45) is 5.73 Å². The Kier molecular flexibility index (Phi) is 5.47. The minimum Gasteiger partial charge on any atom is -0.394 e. The topological polar surface area (TPSA) is 110 Å².